The molecule has 0 heterocycles. The van der Waals surface area contributed by atoms with Gasteiger partial charge in [-0.1, -0.05) is 19.9 Å². The predicted molar refractivity (Wildman–Crippen MR) is 82.2 cm³/mol. The monoisotopic (exact) mass is 281 g/mol. The van der Waals surface area contributed by atoms with Crippen molar-refractivity contribution in [3.8, 4) is 17.2 Å². The van der Waals surface area contributed by atoms with Crippen LogP contribution >= 0.6 is 0 Å². The van der Waals surface area contributed by atoms with Gasteiger partial charge in [0.15, 0.2) is 11.5 Å². The standard InChI is InChI=1S/C16H27NO3/c1-12(2)17-11-7-6-8-13-9-10-14(18-3)16(20-5)15(13)19-4/h9-10,12,17H,6-8,11H2,1-5H3. The van der Waals surface area contributed by atoms with Crippen LogP contribution in [0.5, 0.6) is 17.2 Å². The molecular weight excluding hydrogens is 254 g/mol. The maximum atomic E-state index is 5.48. The van der Waals surface area contributed by atoms with Gasteiger partial charge in [0.05, 0.1) is 21.3 Å². The highest BCUT2D eigenvalue weighted by atomic mass is 16.5. The molecular formula is C16H27NO3. The predicted octanol–water partition coefficient (Wildman–Crippen LogP) is 3.03. The van der Waals surface area contributed by atoms with E-state index in [0.29, 0.717) is 17.5 Å². The van der Waals surface area contributed by atoms with E-state index in [-0.39, 0.29) is 0 Å². The quantitative estimate of drug-likeness (QED) is 0.706. The Morgan fingerprint density at radius 2 is 1.65 bits per heavy atom. The molecule has 20 heavy (non-hydrogen) atoms. The average molecular weight is 281 g/mol. The first-order chi connectivity index (χ1) is 9.63. The van der Waals surface area contributed by atoms with Gasteiger partial charge in [-0.2, -0.15) is 0 Å². The molecule has 1 rings (SSSR count). The zero-order valence-corrected chi connectivity index (χ0v) is 13.3. The van der Waals surface area contributed by atoms with Crippen LogP contribution in [0.4, 0.5) is 0 Å². The van der Waals surface area contributed by atoms with Crippen molar-refractivity contribution in [1.29, 1.82) is 0 Å². The fraction of sp³-hybridized carbons (Fsp3) is 0.625. The van der Waals surface area contributed by atoms with Crippen LogP contribution in [0, 0.1) is 0 Å². The summed E-state index contributed by atoms with van der Waals surface area (Å²) in [6, 6.07) is 4.53. The first kappa shape index (κ1) is 16.6. The molecule has 0 saturated carbocycles. The van der Waals surface area contributed by atoms with Crippen molar-refractivity contribution >= 4 is 0 Å². The second kappa shape index (κ2) is 8.69. The molecule has 4 nitrogen and oxygen atoms in total. The lowest BCUT2D eigenvalue weighted by Gasteiger charge is -2.15. The molecule has 0 saturated heterocycles. The Labute approximate surface area is 122 Å². The molecule has 1 N–H and O–H groups in total. The van der Waals surface area contributed by atoms with Crippen molar-refractivity contribution in [3.05, 3.63) is 17.7 Å². The van der Waals surface area contributed by atoms with Crippen LogP contribution in [0.25, 0.3) is 0 Å². The zero-order valence-electron chi connectivity index (χ0n) is 13.3. The second-order valence-electron chi connectivity index (χ2n) is 5.06. The van der Waals surface area contributed by atoms with Crippen LogP contribution in [-0.4, -0.2) is 33.9 Å². The van der Waals surface area contributed by atoms with Gasteiger partial charge in [0.25, 0.3) is 0 Å². The number of ether oxygens (including phenoxy) is 3. The number of hydrogen-bond acceptors (Lipinski definition) is 4. The Balaban J connectivity index is 2.65. The van der Waals surface area contributed by atoms with Gasteiger partial charge in [-0.05, 0) is 37.4 Å². The van der Waals surface area contributed by atoms with Gasteiger partial charge in [-0.25, -0.2) is 0 Å². The summed E-state index contributed by atoms with van der Waals surface area (Å²) in [7, 11) is 4.94. The average Bonchev–Trinajstić information content (AvgIpc) is 2.45. The summed E-state index contributed by atoms with van der Waals surface area (Å²) in [4.78, 5) is 0. The minimum atomic E-state index is 0.547. The third-order valence-corrected chi connectivity index (χ3v) is 3.21. The van der Waals surface area contributed by atoms with Crippen molar-refractivity contribution in [2.24, 2.45) is 0 Å². The molecule has 0 aliphatic rings. The van der Waals surface area contributed by atoms with E-state index in [0.717, 1.165) is 37.1 Å². The van der Waals surface area contributed by atoms with Gasteiger partial charge < -0.3 is 19.5 Å². The van der Waals surface area contributed by atoms with Crippen LogP contribution in [0.2, 0.25) is 0 Å². The van der Waals surface area contributed by atoms with E-state index in [9.17, 15) is 0 Å². The molecule has 1 aromatic carbocycles. The molecule has 1 aromatic rings. The van der Waals surface area contributed by atoms with Crippen LogP contribution in [-0.2, 0) is 6.42 Å². The van der Waals surface area contributed by atoms with Gasteiger partial charge in [0.2, 0.25) is 5.75 Å². The summed E-state index contributed by atoms with van der Waals surface area (Å²) < 4.78 is 16.2. The molecule has 114 valence electrons. The van der Waals surface area contributed by atoms with E-state index in [1.54, 1.807) is 21.3 Å². The summed E-state index contributed by atoms with van der Waals surface area (Å²) in [5.41, 5.74) is 1.16. The van der Waals surface area contributed by atoms with Crippen LogP contribution < -0.4 is 19.5 Å². The topological polar surface area (TPSA) is 39.7 Å². The number of nitrogens with one attached hydrogen (secondary N) is 1. The number of rotatable bonds is 9. The molecule has 0 fully saturated rings. The van der Waals surface area contributed by atoms with E-state index in [2.05, 4.69) is 25.2 Å². The minimum Gasteiger partial charge on any atom is -0.493 e. The Kier molecular flexibility index (Phi) is 7.23. The number of hydrogen-bond donors (Lipinski definition) is 1. The van der Waals surface area contributed by atoms with Crippen LogP contribution in [0.15, 0.2) is 12.1 Å². The summed E-state index contributed by atoms with van der Waals surface area (Å²) in [6.07, 6.45) is 3.24. The maximum Gasteiger partial charge on any atom is 0.203 e. The summed E-state index contributed by atoms with van der Waals surface area (Å²) in [5.74, 6) is 2.16. The Bertz CT molecular complexity index is 405. The fourth-order valence-electron chi connectivity index (χ4n) is 2.19. The molecule has 0 aromatic heterocycles. The molecule has 0 aliphatic heterocycles. The molecule has 0 radical (unpaired) electrons. The zero-order chi connectivity index (χ0) is 15.0. The maximum absolute atomic E-state index is 5.48. The van der Waals surface area contributed by atoms with E-state index in [1.807, 2.05) is 6.07 Å². The third kappa shape index (κ3) is 4.60. The SMILES string of the molecule is COc1ccc(CCCCNC(C)C)c(OC)c1OC. The molecule has 0 unspecified atom stereocenters. The van der Waals surface area contributed by atoms with Crippen molar-refractivity contribution in [1.82, 2.24) is 5.32 Å². The molecule has 0 bridgehead atoms. The summed E-state index contributed by atoms with van der Waals surface area (Å²) >= 11 is 0. The normalized spacial score (nSPS) is 10.7. The van der Waals surface area contributed by atoms with Crippen molar-refractivity contribution in [3.63, 3.8) is 0 Å². The molecule has 0 aliphatic carbocycles. The first-order valence-electron chi connectivity index (χ1n) is 7.15. The first-order valence-corrected chi connectivity index (χ1v) is 7.15. The van der Waals surface area contributed by atoms with Gasteiger partial charge in [0.1, 0.15) is 0 Å². The number of unbranched alkanes of at least 4 members (excludes halogenated alkanes) is 1. The van der Waals surface area contributed by atoms with E-state index in [1.165, 1.54) is 0 Å². The highest BCUT2D eigenvalue weighted by Gasteiger charge is 2.15. The second-order valence-corrected chi connectivity index (χ2v) is 5.06. The summed E-state index contributed by atoms with van der Waals surface area (Å²) in [6.45, 7) is 5.38. The highest BCUT2D eigenvalue weighted by molar-refractivity contribution is 5.55. The fourth-order valence-corrected chi connectivity index (χ4v) is 2.19. The largest absolute Gasteiger partial charge is 0.493 e. The van der Waals surface area contributed by atoms with Crippen molar-refractivity contribution in [2.45, 2.75) is 39.2 Å². The number of benzene rings is 1. The summed E-state index contributed by atoms with van der Waals surface area (Å²) in [5, 5.41) is 3.43. The smallest absolute Gasteiger partial charge is 0.203 e. The van der Waals surface area contributed by atoms with E-state index < -0.39 is 0 Å². The molecule has 4 heteroatoms. The van der Waals surface area contributed by atoms with Gasteiger partial charge in [-0.15, -0.1) is 0 Å². The van der Waals surface area contributed by atoms with Crippen molar-refractivity contribution in [2.75, 3.05) is 27.9 Å². The van der Waals surface area contributed by atoms with Crippen LogP contribution in [0.1, 0.15) is 32.3 Å². The lowest BCUT2D eigenvalue weighted by molar-refractivity contribution is 0.322. The number of methoxy groups -OCH3 is 3. The van der Waals surface area contributed by atoms with Gasteiger partial charge in [0, 0.05) is 6.04 Å². The molecule has 0 spiro atoms. The Morgan fingerprint density at radius 1 is 0.950 bits per heavy atom. The lowest BCUT2D eigenvalue weighted by Crippen LogP contribution is -2.23. The Morgan fingerprint density at radius 3 is 2.20 bits per heavy atom. The lowest BCUT2D eigenvalue weighted by atomic mass is 10.1. The van der Waals surface area contributed by atoms with Gasteiger partial charge >= 0.3 is 0 Å². The van der Waals surface area contributed by atoms with E-state index >= 15 is 0 Å². The highest BCUT2D eigenvalue weighted by Crippen LogP contribution is 2.40. The molecule has 0 atom stereocenters. The Hall–Kier alpha value is -1.42. The minimum absolute atomic E-state index is 0.547. The van der Waals surface area contributed by atoms with E-state index in [4.69, 9.17) is 14.2 Å². The third-order valence-electron chi connectivity index (χ3n) is 3.21. The number of aryl methyl sites for hydroxylation is 1. The van der Waals surface area contributed by atoms with Gasteiger partial charge in [-0.3, -0.25) is 0 Å². The molecule has 0 amide bonds. The van der Waals surface area contributed by atoms with Crippen molar-refractivity contribution < 1.29 is 14.2 Å². The van der Waals surface area contributed by atoms with Crippen LogP contribution in [0.3, 0.4) is 0 Å².